The molecule has 1 N–H and O–H groups in total. The summed E-state index contributed by atoms with van der Waals surface area (Å²) in [5.41, 5.74) is -0.122. The SMILES string of the molecule is COC1(C)CCCN(c2nnc(CNCC(C)C)o2)C1. The van der Waals surface area contributed by atoms with Gasteiger partial charge in [-0.3, -0.25) is 0 Å². The van der Waals surface area contributed by atoms with Gasteiger partial charge in [0.15, 0.2) is 0 Å². The standard InChI is InChI=1S/C14H26N4O2/c1-11(2)8-15-9-12-16-17-13(20-12)18-7-5-6-14(3,10-18)19-4/h11,15H,5-10H2,1-4H3. The van der Waals surface area contributed by atoms with Crippen LogP contribution in [-0.4, -0.2) is 42.5 Å². The van der Waals surface area contributed by atoms with Crippen molar-refractivity contribution in [1.82, 2.24) is 15.5 Å². The Labute approximate surface area is 120 Å². The maximum Gasteiger partial charge on any atom is 0.318 e. The lowest BCUT2D eigenvalue weighted by Gasteiger charge is -2.38. The fourth-order valence-electron chi connectivity index (χ4n) is 2.45. The van der Waals surface area contributed by atoms with Crippen LogP contribution in [0.4, 0.5) is 6.01 Å². The third-order valence-electron chi connectivity index (χ3n) is 3.71. The molecule has 2 rings (SSSR count). The number of ether oxygens (including phenoxy) is 1. The summed E-state index contributed by atoms with van der Waals surface area (Å²) in [6.07, 6.45) is 2.14. The predicted molar refractivity (Wildman–Crippen MR) is 77.7 cm³/mol. The number of hydrogen-bond donors (Lipinski definition) is 1. The second-order valence-electron chi connectivity index (χ2n) is 6.18. The van der Waals surface area contributed by atoms with E-state index < -0.39 is 0 Å². The summed E-state index contributed by atoms with van der Waals surface area (Å²) < 4.78 is 11.3. The van der Waals surface area contributed by atoms with Crippen LogP contribution in [0.5, 0.6) is 0 Å². The molecule has 0 amide bonds. The van der Waals surface area contributed by atoms with Crippen LogP contribution in [0.1, 0.15) is 39.5 Å². The Kier molecular flexibility index (Phi) is 4.99. The Balaban J connectivity index is 1.91. The quantitative estimate of drug-likeness (QED) is 0.858. The molecule has 1 aromatic heterocycles. The summed E-state index contributed by atoms with van der Waals surface area (Å²) >= 11 is 0. The van der Waals surface area contributed by atoms with E-state index >= 15 is 0 Å². The average Bonchev–Trinajstić information content (AvgIpc) is 2.87. The highest BCUT2D eigenvalue weighted by atomic mass is 16.5. The third-order valence-corrected chi connectivity index (χ3v) is 3.71. The normalized spacial score (nSPS) is 23.6. The molecule has 2 heterocycles. The summed E-state index contributed by atoms with van der Waals surface area (Å²) in [5.74, 6) is 1.26. The zero-order valence-corrected chi connectivity index (χ0v) is 13.0. The molecule has 1 unspecified atom stereocenters. The zero-order valence-electron chi connectivity index (χ0n) is 13.0. The molecule has 0 aliphatic carbocycles. The van der Waals surface area contributed by atoms with E-state index in [1.54, 1.807) is 7.11 Å². The number of nitrogens with one attached hydrogen (secondary N) is 1. The van der Waals surface area contributed by atoms with Crippen LogP contribution in [0.2, 0.25) is 0 Å². The van der Waals surface area contributed by atoms with Gasteiger partial charge in [-0.1, -0.05) is 18.9 Å². The monoisotopic (exact) mass is 282 g/mol. The maximum atomic E-state index is 5.73. The molecule has 1 atom stereocenters. The van der Waals surface area contributed by atoms with Crippen LogP contribution in [0.25, 0.3) is 0 Å². The highest BCUT2D eigenvalue weighted by molar-refractivity contribution is 5.26. The largest absolute Gasteiger partial charge is 0.407 e. The van der Waals surface area contributed by atoms with Gasteiger partial charge in [0.05, 0.1) is 18.7 Å². The van der Waals surface area contributed by atoms with Crippen molar-refractivity contribution in [3.63, 3.8) is 0 Å². The Hall–Kier alpha value is -1.14. The van der Waals surface area contributed by atoms with Gasteiger partial charge in [0.1, 0.15) is 0 Å². The Bertz CT molecular complexity index is 421. The molecule has 20 heavy (non-hydrogen) atoms. The summed E-state index contributed by atoms with van der Waals surface area (Å²) in [4.78, 5) is 2.12. The molecular formula is C14H26N4O2. The van der Waals surface area contributed by atoms with Crippen molar-refractivity contribution < 1.29 is 9.15 Å². The second-order valence-corrected chi connectivity index (χ2v) is 6.18. The van der Waals surface area contributed by atoms with Crippen molar-refractivity contribution in [2.24, 2.45) is 5.92 Å². The Morgan fingerprint density at radius 1 is 1.45 bits per heavy atom. The minimum Gasteiger partial charge on any atom is -0.407 e. The number of aromatic nitrogens is 2. The van der Waals surface area contributed by atoms with E-state index in [2.05, 4.69) is 41.2 Å². The molecule has 1 aromatic rings. The minimum absolute atomic E-state index is 0.122. The van der Waals surface area contributed by atoms with Crippen molar-refractivity contribution in [2.75, 3.05) is 31.6 Å². The minimum atomic E-state index is -0.122. The van der Waals surface area contributed by atoms with Crippen molar-refractivity contribution in [3.8, 4) is 0 Å². The average molecular weight is 282 g/mol. The van der Waals surface area contributed by atoms with Gasteiger partial charge in [-0.05, 0) is 32.2 Å². The third kappa shape index (κ3) is 3.93. The van der Waals surface area contributed by atoms with Crippen molar-refractivity contribution in [1.29, 1.82) is 0 Å². The highest BCUT2D eigenvalue weighted by Gasteiger charge is 2.32. The molecule has 6 nitrogen and oxygen atoms in total. The number of rotatable bonds is 6. The second kappa shape index (κ2) is 6.54. The van der Waals surface area contributed by atoms with Crippen molar-refractivity contribution in [3.05, 3.63) is 5.89 Å². The first-order chi connectivity index (χ1) is 9.52. The van der Waals surface area contributed by atoms with Crippen LogP contribution >= 0.6 is 0 Å². The van der Waals surface area contributed by atoms with Gasteiger partial charge in [-0.15, -0.1) is 5.10 Å². The highest BCUT2D eigenvalue weighted by Crippen LogP contribution is 2.27. The first kappa shape index (κ1) is 15.3. The number of hydrogen-bond acceptors (Lipinski definition) is 6. The molecule has 0 aromatic carbocycles. The maximum absolute atomic E-state index is 5.73. The van der Waals surface area contributed by atoms with Gasteiger partial charge in [0.2, 0.25) is 5.89 Å². The molecule has 1 fully saturated rings. The lowest BCUT2D eigenvalue weighted by Crippen LogP contribution is -2.47. The van der Waals surface area contributed by atoms with Gasteiger partial charge in [-0.25, -0.2) is 0 Å². The molecule has 114 valence electrons. The molecule has 1 aliphatic heterocycles. The lowest BCUT2D eigenvalue weighted by atomic mass is 9.95. The predicted octanol–water partition coefficient (Wildman–Crippen LogP) is 1.82. The smallest absolute Gasteiger partial charge is 0.318 e. The zero-order chi connectivity index (χ0) is 14.6. The molecule has 1 saturated heterocycles. The molecule has 0 spiro atoms. The Morgan fingerprint density at radius 3 is 2.95 bits per heavy atom. The number of methoxy groups -OCH3 is 1. The fourth-order valence-corrected chi connectivity index (χ4v) is 2.45. The van der Waals surface area contributed by atoms with E-state index in [1.807, 2.05) is 0 Å². The number of anilines is 1. The van der Waals surface area contributed by atoms with Crippen LogP contribution < -0.4 is 10.2 Å². The number of nitrogens with zero attached hydrogens (tertiary/aromatic N) is 3. The van der Waals surface area contributed by atoms with Gasteiger partial charge < -0.3 is 19.4 Å². The van der Waals surface area contributed by atoms with E-state index in [-0.39, 0.29) is 5.60 Å². The van der Waals surface area contributed by atoms with Gasteiger partial charge in [0.25, 0.3) is 0 Å². The summed E-state index contributed by atoms with van der Waals surface area (Å²) in [7, 11) is 1.76. The fraction of sp³-hybridized carbons (Fsp3) is 0.857. The van der Waals surface area contributed by atoms with Crippen LogP contribution in [0.3, 0.4) is 0 Å². The van der Waals surface area contributed by atoms with E-state index in [0.29, 0.717) is 24.4 Å². The Morgan fingerprint density at radius 2 is 2.25 bits per heavy atom. The molecule has 6 heteroatoms. The molecule has 0 radical (unpaired) electrons. The van der Waals surface area contributed by atoms with Crippen LogP contribution in [0.15, 0.2) is 4.42 Å². The van der Waals surface area contributed by atoms with Crippen LogP contribution in [-0.2, 0) is 11.3 Å². The molecule has 0 saturated carbocycles. The molecule has 1 aliphatic rings. The van der Waals surface area contributed by atoms with Gasteiger partial charge in [0, 0.05) is 13.7 Å². The topological polar surface area (TPSA) is 63.4 Å². The summed E-state index contributed by atoms with van der Waals surface area (Å²) in [6, 6.07) is 0.606. The summed E-state index contributed by atoms with van der Waals surface area (Å²) in [5, 5.41) is 11.6. The van der Waals surface area contributed by atoms with Gasteiger partial charge in [-0.2, -0.15) is 0 Å². The first-order valence-corrected chi connectivity index (χ1v) is 7.35. The molecule has 0 bridgehead atoms. The number of piperidine rings is 1. The van der Waals surface area contributed by atoms with E-state index in [9.17, 15) is 0 Å². The van der Waals surface area contributed by atoms with E-state index in [0.717, 1.165) is 32.5 Å². The first-order valence-electron chi connectivity index (χ1n) is 7.35. The van der Waals surface area contributed by atoms with Crippen LogP contribution in [0, 0.1) is 5.92 Å². The van der Waals surface area contributed by atoms with Crippen molar-refractivity contribution >= 4 is 6.01 Å². The van der Waals surface area contributed by atoms with Gasteiger partial charge >= 0.3 is 6.01 Å². The molecular weight excluding hydrogens is 256 g/mol. The van der Waals surface area contributed by atoms with Crippen molar-refractivity contribution in [2.45, 2.75) is 45.8 Å². The van der Waals surface area contributed by atoms with E-state index in [1.165, 1.54) is 0 Å². The lowest BCUT2D eigenvalue weighted by molar-refractivity contribution is -0.00568. The summed E-state index contributed by atoms with van der Waals surface area (Å²) in [6.45, 7) is 9.78. The van der Waals surface area contributed by atoms with E-state index in [4.69, 9.17) is 9.15 Å².